The largest absolute Gasteiger partial charge is 0.549 e. The highest BCUT2D eigenvalue weighted by Gasteiger charge is 2.42. The van der Waals surface area contributed by atoms with Gasteiger partial charge in [0.15, 0.2) is 0 Å². The van der Waals surface area contributed by atoms with Crippen LogP contribution in [-0.4, -0.2) is 12.1 Å². The molecule has 0 spiro atoms. The Hall–Kier alpha value is -1.52. The normalized spacial score (nSPS) is 15.3. The van der Waals surface area contributed by atoms with Crippen LogP contribution in [0.5, 0.6) is 0 Å². The van der Waals surface area contributed by atoms with E-state index in [0.29, 0.717) is 0 Å². The van der Waals surface area contributed by atoms with E-state index in [-0.39, 0.29) is 11.5 Å². The summed E-state index contributed by atoms with van der Waals surface area (Å²) in [7, 11) is 0. The van der Waals surface area contributed by atoms with Gasteiger partial charge in [-0.1, -0.05) is 45.0 Å². The second-order valence-corrected chi connectivity index (χ2v) is 4.95. The molecule has 0 aromatic heterocycles. The minimum atomic E-state index is -4.57. The lowest BCUT2D eigenvalue weighted by molar-refractivity contribution is -0.313. The summed E-state index contributed by atoms with van der Waals surface area (Å²) in [5, 5.41) is 11.0. The maximum Gasteiger partial charge on any atom is 0.392 e. The molecule has 0 aliphatic heterocycles. The average molecular weight is 273 g/mol. The lowest BCUT2D eigenvalue weighted by Crippen LogP contribution is -2.38. The van der Waals surface area contributed by atoms with Crippen LogP contribution >= 0.6 is 0 Å². The first kappa shape index (κ1) is 15.5. The summed E-state index contributed by atoms with van der Waals surface area (Å²) in [5.41, 5.74) is 1.06. The van der Waals surface area contributed by atoms with Crippen LogP contribution in [0.15, 0.2) is 24.3 Å². The lowest BCUT2D eigenvalue weighted by Gasteiger charge is -2.27. The summed E-state index contributed by atoms with van der Waals surface area (Å²) in [4.78, 5) is 11.0. The van der Waals surface area contributed by atoms with Gasteiger partial charge in [-0.15, -0.1) is 0 Å². The maximum atomic E-state index is 12.7. The van der Waals surface area contributed by atoms with E-state index in [9.17, 15) is 23.1 Å². The Balaban J connectivity index is 3.10. The smallest absolute Gasteiger partial charge is 0.392 e. The molecule has 0 aliphatic rings. The first-order valence-electron chi connectivity index (χ1n) is 6.02. The summed E-state index contributed by atoms with van der Waals surface area (Å²) < 4.78 is 38.0. The maximum absolute atomic E-state index is 12.7. The number of carboxylic acids is 1. The van der Waals surface area contributed by atoms with Gasteiger partial charge in [0.25, 0.3) is 0 Å². The molecule has 1 rings (SSSR count). The van der Waals surface area contributed by atoms with Crippen molar-refractivity contribution >= 4 is 5.97 Å². The van der Waals surface area contributed by atoms with E-state index < -0.39 is 24.0 Å². The molecule has 0 heterocycles. The summed E-state index contributed by atoms with van der Waals surface area (Å²) >= 11 is 0. The molecule has 0 aliphatic carbocycles. The van der Waals surface area contributed by atoms with E-state index in [1.54, 1.807) is 12.1 Å². The van der Waals surface area contributed by atoms with Crippen LogP contribution < -0.4 is 5.11 Å². The molecule has 0 bridgehead atoms. The molecule has 0 N–H and O–H groups in total. The molecule has 0 amide bonds. The third-order valence-corrected chi connectivity index (χ3v) is 3.23. The van der Waals surface area contributed by atoms with Gasteiger partial charge in [0, 0.05) is 11.9 Å². The summed E-state index contributed by atoms with van der Waals surface area (Å²) in [6.45, 7) is 4.75. The minimum absolute atomic E-state index is 0.120. The van der Waals surface area contributed by atoms with Gasteiger partial charge >= 0.3 is 6.18 Å². The number of carbonyl (C=O) groups is 1. The third kappa shape index (κ3) is 3.72. The van der Waals surface area contributed by atoms with Crippen molar-refractivity contribution in [2.45, 2.75) is 38.8 Å². The van der Waals surface area contributed by atoms with E-state index in [4.69, 9.17) is 0 Å². The molecule has 0 fully saturated rings. The number of benzene rings is 1. The number of carbonyl (C=O) groups excluding carboxylic acids is 1. The van der Waals surface area contributed by atoms with Gasteiger partial charge in [-0.3, -0.25) is 0 Å². The van der Waals surface area contributed by atoms with Gasteiger partial charge in [-0.2, -0.15) is 13.2 Å². The standard InChI is InChI=1S/C14H17F3O2/c1-8(2)10-4-6-11(7-5-10)12(13(18)19)9(3)14(15,16)17/h4-9,12H,1-3H3,(H,18,19)/p-1/t9-,12?/m1/s1. The Morgan fingerprint density at radius 1 is 1.05 bits per heavy atom. The van der Waals surface area contributed by atoms with Gasteiger partial charge in [-0.25, -0.2) is 0 Å². The van der Waals surface area contributed by atoms with Crippen LogP contribution in [-0.2, 0) is 4.79 Å². The van der Waals surface area contributed by atoms with Crippen molar-refractivity contribution in [3.8, 4) is 0 Å². The Morgan fingerprint density at radius 3 is 1.79 bits per heavy atom. The van der Waals surface area contributed by atoms with E-state index in [1.165, 1.54) is 12.1 Å². The number of rotatable bonds is 4. The SMILES string of the molecule is CC(C)c1ccc(C(C(=O)[O-])[C@@H](C)C(F)(F)F)cc1. The van der Waals surface area contributed by atoms with Gasteiger partial charge in [0.05, 0.1) is 5.92 Å². The van der Waals surface area contributed by atoms with Crippen molar-refractivity contribution in [3.05, 3.63) is 35.4 Å². The minimum Gasteiger partial charge on any atom is -0.549 e. The van der Waals surface area contributed by atoms with Gasteiger partial charge in [0.1, 0.15) is 0 Å². The van der Waals surface area contributed by atoms with Crippen molar-refractivity contribution < 1.29 is 23.1 Å². The van der Waals surface area contributed by atoms with Gasteiger partial charge in [0.2, 0.25) is 0 Å². The zero-order valence-corrected chi connectivity index (χ0v) is 11.0. The second-order valence-electron chi connectivity index (χ2n) is 4.95. The molecule has 0 radical (unpaired) electrons. The number of halogens is 3. The number of carboxylic acid groups (broad SMARTS) is 1. The Kier molecular flexibility index (Phi) is 4.61. The fourth-order valence-corrected chi connectivity index (χ4v) is 1.91. The van der Waals surface area contributed by atoms with Crippen molar-refractivity contribution in [1.29, 1.82) is 0 Å². The van der Waals surface area contributed by atoms with Crippen molar-refractivity contribution in [2.75, 3.05) is 0 Å². The van der Waals surface area contributed by atoms with Crippen molar-refractivity contribution in [3.63, 3.8) is 0 Å². The van der Waals surface area contributed by atoms with Crippen LogP contribution in [0, 0.1) is 5.92 Å². The zero-order valence-electron chi connectivity index (χ0n) is 11.0. The molecule has 5 heteroatoms. The molecule has 1 aromatic carbocycles. The monoisotopic (exact) mass is 273 g/mol. The molecule has 1 aromatic rings. The topological polar surface area (TPSA) is 40.1 Å². The molecule has 2 nitrogen and oxygen atoms in total. The predicted molar refractivity (Wildman–Crippen MR) is 63.5 cm³/mol. The van der Waals surface area contributed by atoms with Crippen LogP contribution in [0.4, 0.5) is 13.2 Å². The molecular formula is C14H16F3O2-. The first-order chi connectivity index (χ1) is 8.64. The molecular weight excluding hydrogens is 257 g/mol. The van der Waals surface area contributed by atoms with Crippen LogP contribution in [0.3, 0.4) is 0 Å². The highest BCUT2D eigenvalue weighted by atomic mass is 19.4. The van der Waals surface area contributed by atoms with E-state index in [2.05, 4.69) is 0 Å². The number of aliphatic carboxylic acids is 1. The van der Waals surface area contributed by atoms with Crippen LogP contribution in [0.2, 0.25) is 0 Å². The Labute approximate surface area is 110 Å². The molecule has 19 heavy (non-hydrogen) atoms. The Morgan fingerprint density at radius 2 is 1.47 bits per heavy atom. The van der Waals surface area contributed by atoms with Crippen LogP contribution in [0.25, 0.3) is 0 Å². The predicted octanol–water partition coefficient (Wildman–Crippen LogP) is 2.84. The fourth-order valence-electron chi connectivity index (χ4n) is 1.91. The Bertz CT molecular complexity index is 435. The summed E-state index contributed by atoms with van der Waals surface area (Å²) in [6, 6.07) is 6.16. The number of hydrogen-bond acceptors (Lipinski definition) is 2. The van der Waals surface area contributed by atoms with Crippen molar-refractivity contribution in [2.24, 2.45) is 5.92 Å². The van der Waals surface area contributed by atoms with E-state index in [1.807, 2.05) is 13.8 Å². The summed E-state index contributed by atoms with van der Waals surface area (Å²) in [6.07, 6.45) is -4.57. The lowest BCUT2D eigenvalue weighted by atomic mass is 9.86. The number of alkyl halides is 3. The summed E-state index contributed by atoms with van der Waals surface area (Å²) in [5.74, 6) is -5.14. The molecule has 1 unspecified atom stereocenters. The first-order valence-corrected chi connectivity index (χ1v) is 6.02. The van der Waals surface area contributed by atoms with Gasteiger partial charge in [-0.05, 0) is 17.0 Å². The average Bonchev–Trinajstić information content (AvgIpc) is 2.28. The molecule has 106 valence electrons. The molecule has 0 saturated carbocycles. The van der Waals surface area contributed by atoms with Crippen molar-refractivity contribution in [1.82, 2.24) is 0 Å². The zero-order chi connectivity index (χ0) is 14.8. The van der Waals surface area contributed by atoms with Gasteiger partial charge < -0.3 is 9.90 Å². The highest BCUT2D eigenvalue weighted by molar-refractivity contribution is 5.74. The fraction of sp³-hybridized carbons (Fsp3) is 0.500. The number of hydrogen-bond donors (Lipinski definition) is 0. The van der Waals surface area contributed by atoms with E-state index in [0.717, 1.165) is 12.5 Å². The highest BCUT2D eigenvalue weighted by Crippen LogP contribution is 2.37. The third-order valence-electron chi connectivity index (χ3n) is 3.23. The quantitative estimate of drug-likeness (QED) is 0.846. The molecule has 0 saturated heterocycles. The van der Waals surface area contributed by atoms with Crippen LogP contribution in [0.1, 0.15) is 43.7 Å². The molecule has 2 atom stereocenters. The van der Waals surface area contributed by atoms with E-state index >= 15 is 0 Å². The second kappa shape index (κ2) is 5.63.